The van der Waals surface area contributed by atoms with Crippen LogP contribution in [0.25, 0.3) is 6.08 Å². The number of benzene rings is 2. The molecule has 0 saturated heterocycles. The minimum atomic E-state index is 0.524. The minimum Gasteiger partial charge on any atom is -0.399 e. The van der Waals surface area contributed by atoms with Crippen molar-refractivity contribution in [3.8, 4) is 0 Å². The average molecular weight is 314 g/mol. The van der Waals surface area contributed by atoms with Gasteiger partial charge in [-0.1, -0.05) is 38.6 Å². The van der Waals surface area contributed by atoms with Crippen LogP contribution in [0.1, 0.15) is 42.0 Å². The number of fused-ring (bicyclic) bond motifs is 2. The molecule has 24 heavy (non-hydrogen) atoms. The monoisotopic (exact) mass is 314 g/mol. The zero-order valence-corrected chi connectivity index (χ0v) is 14.3. The van der Waals surface area contributed by atoms with E-state index >= 15 is 0 Å². The predicted octanol–water partition coefficient (Wildman–Crippen LogP) is 5.22. The Morgan fingerprint density at radius 3 is 2.67 bits per heavy atom. The van der Waals surface area contributed by atoms with E-state index in [4.69, 9.17) is 10.7 Å². The molecule has 0 saturated carbocycles. The van der Waals surface area contributed by atoms with E-state index in [9.17, 15) is 0 Å². The van der Waals surface area contributed by atoms with Gasteiger partial charge in [0, 0.05) is 12.1 Å². The van der Waals surface area contributed by atoms with Gasteiger partial charge in [-0.2, -0.15) is 0 Å². The lowest BCUT2D eigenvalue weighted by Crippen LogP contribution is -2.11. The SMILES string of the molecule is C=C1Cc2cc(N)ccc2C=C1C1=Nc2cc(C(C)C)ccc2C1. The molecule has 0 radical (unpaired) electrons. The normalized spacial score (nSPS) is 15.9. The molecule has 1 aliphatic carbocycles. The Labute approximate surface area is 143 Å². The van der Waals surface area contributed by atoms with Crippen LogP contribution >= 0.6 is 0 Å². The lowest BCUT2D eigenvalue weighted by molar-refractivity contribution is 0.866. The molecule has 0 atom stereocenters. The summed E-state index contributed by atoms with van der Waals surface area (Å²) >= 11 is 0. The van der Waals surface area contributed by atoms with Crippen molar-refractivity contribution in [2.75, 3.05) is 5.73 Å². The standard InChI is InChI=1S/C22H22N2/c1-13(2)15-4-5-17-12-22(24-21(17)11-15)20-10-16-6-7-19(23)9-18(16)8-14(20)3/h4-7,9-11,13H,3,8,12,23H2,1-2H3. The molecule has 2 nitrogen and oxygen atoms in total. The first-order valence-corrected chi connectivity index (χ1v) is 8.50. The van der Waals surface area contributed by atoms with E-state index in [2.05, 4.69) is 50.8 Å². The predicted molar refractivity (Wildman–Crippen MR) is 103 cm³/mol. The highest BCUT2D eigenvalue weighted by Crippen LogP contribution is 2.36. The Morgan fingerprint density at radius 2 is 1.88 bits per heavy atom. The van der Waals surface area contributed by atoms with Gasteiger partial charge in [0.1, 0.15) is 0 Å². The van der Waals surface area contributed by atoms with Crippen molar-refractivity contribution in [2.45, 2.75) is 32.6 Å². The molecule has 0 fully saturated rings. The first kappa shape index (κ1) is 14.9. The van der Waals surface area contributed by atoms with Crippen LogP contribution in [0.5, 0.6) is 0 Å². The summed E-state index contributed by atoms with van der Waals surface area (Å²) < 4.78 is 0. The van der Waals surface area contributed by atoms with Crippen LogP contribution in [-0.2, 0) is 12.8 Å². The highest BCUT2D eigenvalue weighted by Gasteiger charge is 2.23. The third-order valence-corrected chi connectivity index (χ3v) is 4.95. The van der Waals surface area contributed by atoms with Crippen LogP contribution in [0.3, 0.4) is 0 Å². The molecule has 1 heterocycles. The van der Waals surface area contributed by atoms with Gasteiger partial charge < -0.3 is 5.73 Å². The third-order valence-electron chi connectivity index (χ3n) is 4.95. The second-order valence-electron chi connectivity index (χ2n) is 7.07. The highest BCUT2D eigenvalue weighted by atomic mass is 14.8. The van der Waals surface area contributed by atoms with E-state index in [0.717, 1.165) is 35.5 Å². The molecular weight excluding hydrogens is 292 g/mol. The summed E-state index contributed by atoms with van der Waals surface area (Å²) in [5, 5.41) is 0. The molecule has 0 spiro atoms. The number of hydrogen-bond acceptors (Lipinski definition) is 2. The van der Waals surface area contributed by atoms with E-state index in [-0.39, 0.29) is 0 Å². The van der Waals surface area contributed by atoms with E-state index in [1.54, 1.807) is 0 Å². The van der Waals surface area contributed by atoms with Crippen LogP contribution in [0.2, 0.25) is 0 Å². The lowest BCUT2D eigenvalue weighted by Gasteiger charge is -2.19. The van der Waals surface area contributed by atoms with Crippen LogP contribution in [-0.4, -0.2) is 5.71 Å². The summed E-state index contributed by atoms with van der Waals surface area (Å²) in [7, 11) is 0. The summed E-state index contributed by atoms with van der Waals surface area (Å²) in [5.74, 6) is 0.524. The summed E-state index contributed by atoms with van der Waals surface area (Å²) in [5.41, 5.74) is 16.4. The number of nitrogens with two attached hydrogens (primary N) is 1. The van der Waals surface area contributed by atoms with E-state index < -0.39 is 0 Å². The van der Waals surface area contributed by atoms with Crippen molar-refractivity contribution in [1.82, 2.24) is 0 Å². The van der Waals surface area contributed by atoms with Crippen molar-refractivity contribution < 1.29 is 0 Å². The zero-order valence-electron chi connectivity index (χ0n) is 14.3. The quantitative estimate of drug-likeness (QED) is 0.759. The van der Waals surface area contributed by atoms with Gasteiger partial charge in [0.15, 0.2) is 0 Å². The summed E-state index contributed by atoms with van der Waals surface area (Å²) in [6.45, 7) is 8.72. The first-order chi connectivity index (χ1) is 11.5. The van der Waals surface area contributed by atoms with Crippen LogP contribution in [0.15, 0.2) is 59.1 Å². The summed E-state index contributed by atoms with van der Waals surface area (Å²) in [6.07, 6.45) is 3.95. The summed E-state index contributed by atoms with van der Waals surface area (Å²) in [6, 6.07) is 12.8. The molecule has 0 bridgehead atoms. The van der Waals surface area contributed by atoms with Crippen molar-refractivity contribution in [2.24, 2.45) is 4.99 Å². The molecule has 1 aliphatic heterocycles. The largest absolute Gasteiger partial charge is 0.399 e. The molecule has 2 aromatic rings. The highest BCUT2D eigenvalue weighted by molar-refractivity contribution is 6.12. The van der Waals surface area contributed by atoms with Gasteiger partial charge >= 0.3 is 0 Å². The fourth-order valence-corrected chi connectivity index (χ4v) is 3.50. The van der Waals surface area contributed by atoms with Crippen LogP contribution in [0, 0.1) is 0 Å². The molecule has 2 aromatic carbocycles. The van der Waals surface area contributed by atoms with Gasteiger partial charge in [0.05, 0.1) is 11.4 Å². The zero-order chi connectivity index (χ0) is 16.8. The molecule has 2 heteroatoms. The maximum atomic E-state index is 5.91. The Morgan fingerprint density at radius 1 is 1.04 bits per heavy atom. The van der Waals surface area contributed by atoms with Gasteiger partial charge in [-0.3, -0.25) is 4.99 Å². The minimum absolute atomic E-state index is 0.524. The van der Waals surface area contributed by atoms with E-state index in [1.165, 1.54) is 27.8 Å². The van der Waals surface area contributed by atoms with Gasteiger partial charge in [-0.05, 0) is 70.0 Å². The fraction of sp³-hybridized carbons (Fsp3) is 0.227. The maximum Gasteiger partial charge on any atom is 0.0672 e. The molecule has 0 amide bonds. The second kappa shape index (κ2) is 5.48. The lowest BCUT2D eigenvalue weighted by atomic mass is 9.85. The second-order valence-corrected chi connectivity index (χ2v) is 7.07. The Balaban J connectivity index is 1.73. The molecular formula is C22H22N2. The van der Waals surface area contributed by atoms with Crippen molar-refractivity contribution >= 4 is 23.2 Å². The first-order valence-electron chi connectivity index (χ1n) is 8.50. The van der Waals surface area contributed by atoms with Crippen LogP contribution in [0.4, 0.5) is 11.4 Å². The average Bonchev–Trinajstić information content (AvgIpc) is 2.96. The third kappa shape index (κ3) is 2.48. The molecule has 0 unspecified atom stereocenters. The number of aliphatic imine (C=N–C) groups is 1. The van der Waals surface area contributed by atoms with Gasteiger partial charge in [0.25, 0.3) is 0 Å². The van der Waals surface area contributed by atoms with E-state index in [1.807, 2.05) is 12.1 Å². The van der Waals surface area contributed by atoms with Crippen molar-refractivity contribution in [3.05, 3.63) is 76.4 Å². The number of anilines is 1. The Bertz CT molecular complexity index is 914. The van der Waals surface area contributed by atoms with Gasteiger partial charge in [-0.25, -0.2) is 0 Å². The number of rotatable bonds is 2. The number of nitrogen functional groups attached to an aromatic ring is 1. The molecule has 2 aliphatic rings. The topological polar surface area (TPSA) is 38.4 Å². The number of hydrogen-bond donors (Lipinski definition) is 1. The molecule has 0 aromatic heterocycles. The number of allylic oxidation sites excluding steroid dienone is 2. The van der Waals surface area contributed by atoms with Gasteiger partial charge in [-0.15, -0.1) is 0 Å². The summed E-state index contributed by atoms with van der Waals surface area (Å²) in [4.78, 5) is 4.92. The Kier molecular flexibility index (Phi) is 3.42. The van der Waals surface area contributed by atoms with Crippen molar-refractivity contribution in [3.63, 3.8) is 0 Å². The van der Waals surface area contributed by atoms with E-state index in [0.29, 0.717) is 5.92 Å². The Hall–Kier alpha value is -2.61. The van der Waals surface area contributed by atoms with Crippen LogP contribution < -0.4 is 5.73 Å². The fourth-order valence-electron chi connectivity index (χ4n) is 3.50. The molecule has 120 valence electrons. The maximum absolute atomic E-state index is 5.91. The smallest absolute Gasteiger partial charge is 0.0672 e. The number of nitrogens with zero attached hydrogens (tertiary/aromatic N) is 1. The van der Waals surface area contributed by atoms with Gasteiger partial charge in [0.2, 0.25) is 0 Å². The van der Waals surface area contributed by atoms with Crippen molar-refractivity contribution in [1.29, 1.82) is 0 Å². The molecule has 2 N–H and O–H groups in total. The molecule has 4 rings (SSSR count).